The molecular weight excluding hydrogens is 316 g/mol. The number of aryl methyl sites for hydroxylation is 2. The summed E-state index contributed by atoms with van der Waals surface area (Å²) in [5.74, 6) is 0.628. The van der Waals surface area contributed by atoms with E-state index in [-0.39, 0.29) is 5.91 Å². The molecule has 0 atom stereocenters. The highest BCUT2D eigenvalue weighted by atomic mass is 16.1. The molecule has 0 aliphatic heterocycles. The van der Waals surface area contributed by atoms with Crippen molar-refractivity contribution in [2.45, 2.75) is 39.0 Å². The molecule has 1 aliphatic rings. The van der Waals surface area contributed by atoms with Crippen molar-refractivity contribution in [3.8, 4) is 0 Å². The molecule has 1 aliphatic carbocycles. The van der Waals surface area contributed by atoms with E-state index in [0.29, 0.717) is 24.3 Å². The zero-order chi connectivity index (χ0) is 17.2. The number of carbonyl (C=O) groups is 1. The maximum absolute atomic E-state index is 12.4. The van der Waals surface area contributed by atoms with E-state index < -0.39 is 0 Å². The highest BCUT2D eigenvalue weighted by molar-refractivity contribution is 5.93. The summed E-state index contributed by atoms with van der Waals surface area (Å²) in [5, 5.41) is 7.01. The molecule has 0 radical (unpaired) electrons. The maximum atomic E-state index is 12.4. The molecule has 0 aromatic carbocycles. The van der Waals surface area contributed by atoms with E-state index in [9.17, 15) is 4.79 Å². The average Bonchev–Trinajstić information content (AvgIpc) is 3.10. The van der Waals surface area contributed by atoms with Crippen LogP contribution in [-0.4, -0.2) is 37.0 Å². The van der Waals surface area contributed by atoms with Gasteiger partial charge in [0, 0.05) is 24.4 Å². The minimum Gasteiger partial charge on any atom is -0.350 e. The van der Waals surface area contributed by atoms with E-state index >= 15 is 0 Å². The zero-order valence-electron chi connectivity index (χ0n) is 14.2. The number of rotatable bonds is 4. The number of nitrogens with zero attached hydrogens (tertiary/aromatic N) is 5. The predicted molar refractivity (Wildman–Crippen MR) is 92.4 cm³/mol. The summed E-state index contributed by atoms with van der Waals surface area (Å²) in [7, 11) is 0. The third-order valence-electron chi connectivity index (χ3n) is 4.60. The fraction of sp³-hybridized carbons (Fsp3) is 0.389. The molecule has 0 fully saturated rings. The number of aromatic nitrogens is 5. The Hall–Kier alpha value is -2.83. The third kappa shape index (κ3) is 3.09. The SMILES string of the molecule is Cc1nc(CCNC(=O)c2cccc3ncnn23)nc2c1CCCC2. The molecule has 0 unspecified atom stereocenters. The molecule has 7 nitrogen and oxygen atoms in total. The first-order valence-electron chi connectivity index (χ1n) is 8.64. The van der Waals surface area contributed by atoms with Crippen LogP contribution in [0.15, 0.2) is 24.5 Å². The van der Waals surface area contributed by atoms with Gasteiger partial charge < -0.3 is 5.32 Å². The maximum Gasteiger partial charge on any atom is 0.270 e. The van der Waals surface area contributed by atoms with Crippen molar-refractivity contribution in [1.82, 2.24) is 29.9 Å². The third-order valence-corrected chi connectivity index (χ3v) is 4.60. The summed E-state index contributed by atoms with van der Waals surface area (Å²) in [6.45, 7) is 2.54. The van der Waals surface area contributed by atoms with Crippen LogP contribution in [0.25, 0.3) is 5.65 Å². The van der Waals surface area contributed by atoms with Gasteiger partial charge in [-0.25, -0.2) is 19.5 Å². The first-order valence-corrected chi connectivity index (χ1v) is 8.64. The Balaban J connectivity index is 1.43. The fourth-order valence-electron chi connectivity index (χ4n) is 3.35. The molecule has 1 N–H and O–H groups in total. The minimum absolute atomic E-state index is 0.175. The summed E-state index contributed by atoms with van der Waals surface area (Å²) in [5.41, 5.74) is 4.71. The number of pyridine rings is 1. The fourth-order valence-corrected chi connectivity index (χ4v) is 3.35. The number of hydrogen-bond acceptors (Lipinski definition) is 5. The van der Waals surface area contributed by atoms with Gasteiger partial charge in [0.25, 0.3) is 5.91 Å². The topological polar surface area (TPSA) is 85.1 Å². The number of amides is 1. The monoisotopic (exact) mass is 336 g/mol. The van der Waals surface area contributed by atoms with Gasteiger partial charge in [0.1, 0.15) is 17.8 Å². The second kappa shape index (κ2) is 6.58. The Labute approximate surface area is 145 Å². The van der Waals surface area contributed by atoms with Crippen LogP contribution in [0.4, 0.5) is 0 Å². The number of nitrogens with one attached hydrogen (secondary N) is 1. The standard InChI is InChI=1S/C18H20N6O/c1-12-13-5-2-3-6-14(13)23-16(22-12)9-10-19-18(25)15-7-4-8-17-20-11-21-24(15)17/h4,7-8,11H,2-3,5-6,9-10H2,1H3,(H,19,25). The van der Waals surface area contributed by atoms with Crippen LogP contribution < -0.4 is 5.32 Å². The van der Waals surface area contributed by atoms with Crippen molar-refractivity contribution < 1.29 is 4.79 Å². The van der Waals surface area contributed by atoms with Gasteiger partial charge in [-0.2, -0.15) is 5.10 Å². The van der Waals surface area contributed by atoms with Crippen molar-refractivity contribution in [1.29, 1.82) is 0 Å². The van der Waals surface area contributed by atoms with Crippen molar-refractivity contribution in [3.63, 3.8) is 0 Å². The Morgan fingerprint density at radius 1 is 1.24 bits per heavy atom. The summed E-state index contributed by atoms with van der Waals surface area (Å²) >= 11 is 0. The first-order chi connectivity index (χ1) is 12.2. The van der Waals surface area contributed by atoms with Gasteiger partial charge in [-0.3, -0.25) is 4.79 Å². The van der Waals surface area contributed by atoms with Crippen LogP contribution in [0.1, 0.15) is 46.1 Å². The largest absolute Gasteiger partial charge is 0.350 e. The molecule has 7 heteroatoms. The van der Waals surface area contributed by atoms with Gasteiger partial charge in [0.2, 0.25) is 0 Å². The van der Waals surface area contributed by atoms with E-state index in [4.69, 9.17) is 4.98 Å². The first kappa shape index (κ1) is 15.7. The molecule has 128 valence electrons. The lowest BCUT2D eigenvalue weighted by atomic mass is 9.95. The molecule has 3 aromatic rings. The smallest absolute Gasteiger partial charge is 0.270 e. The Morgan fingerprint density at radius 3 is 3.04 bits per heavy atom. The number of hydrogen-bond donors (Lipinski definition) is 1. The van der Waals surface area contributed by atoms with Crippen molar-refractivity contribution >= 4 is 11.6 Å². The van der Waals surface area contributed by atoms with Gasteiger partial charge in [-0.05, 0) is 50.3 Å². The molecule has 0 spiro atoms. The van der Waals surface area contributed by atoms with Crippen LogP contribution >= 0.6 is 0 Å². The van der Waals surface area contributed by atoms with Gasteiger partial charge in [-0.1, -0.05) is 6.07 Å². The van der Waals surface area contributed by atoms with E-state index in [2.05, 4.69) is 27.3 Å². The van der Waals surface area contributed by atoms with E-state index in [1.807, 2.05) is 6.07 Å². The molecular formula is C18H20N6O. The van der Waals surface area contributed by atoms with Crippen molar-refractivity contribution in [3.05, 3.63) is 53.0 Å². The lowest BCUT2D eigenvalue weighted by Crippen LogP contribution is -2.28. The van der Waals surface area contributed by atoms with Gasteiger partial charge in [-0.15, -0.1) is 0 Å². The van der Waals surface area contributed by atoms with Crippen LogP contribution in [0.2, 0.25) is 0 Å². The second-order valence-corrected chi connectivity index (χ2v) is 6.30. The molecule has 0 bridgehead atoms. The molecule has 3 aromatic heterocycles. The van der Waals surface area contributed by atoms with E-state index in [0.717, 1.165) is 24.4 Å². The molecule has 3 heterocycles. The van der Waals surface area contributed by atoms with Crippen molar-refractivity contribution in [2.75, 3.05) is 6.54 Å². The quantitative estimate of drug-likeness (QED) is 0.783. The molecule has 4 rings (SSSR count). The highest BCUT2D eigenvalue weighted by Gasteiger charge is 2.16. The lowest BCUT2D eigenvalue weighted by Gasteiger charge is -2.17. The number of carbonyl (C=O) groups excluding carboxylic acids is 1. The molecule has 0 saturated carbocycles. The van der Waals surface area contributed by atoms with E-state index in [1.54, 1.807) is 12.1 Å². The van der Waals surface area contributed by atoms with Crippen LogP contribution in [0.5, 0.6) is 0 Å². The average molecular weight is 336 g/mol. The van der Waals surface area contributed by atoms with Crippen LogP contribution in [-0.2, 0) is 19.3 Å². The highest BCUT2D eigenvalue weighted by Crippen LogP contribution is 2.21. The normalized spacial score (nSPS) is 13.6. The minimum atomic E-state index is -0.175. The molecule has 25 heavy (non-hydrogen) atoms. The summed E-state index contributed by atoms with van der Waals surface area (Å²) in [6, 6.07) is 5.35. The molecule has 1 amide bonds. The van der Waals surface area contributed by atoms with Gasteiger partial charge in [0.15, 0.2) is 5.65 Å². The second-order valence-electron chi connectivity index (χ2n) is 6.30. The summed E-state index contributed by atoms with van der Waals surface area (Å²) in [4.78, 5) is 25.8. The molecule has 0 saturated heterocycles. The Kier molecular flexibility index (Phi) is 4.13. The predicted octanol–water partition coefficient (Wildman–Crippen LogP) is 1.68. The lowest BCUT2D eigenvalue weighted by molar-refractivity contribution is 0.0946. The number of fused-ring (bicyclic) bond motifs is 2. The van der Waals surface area contributed by atoms with Crippen LogP contribution in [0, 0.1) is 6.92 Å². The summed E-state index contributed by atoms with van der Waals surface area (Å²) in [6.07, 6.45) is 6.59. The van der Waals surface area contributed by atoms with Gasteiger partial charge >= 0.3 is 0 Å². The Bertz CT molecular complexity index is 932. The summed E-state index contributed by atoms with van der Waals surface area (Å²) < 4.78 is 1.54. The van der Waals surface area contributed by atoms with Gasteiger partial charge in [0.05, 0.1) is 0 Å². The van der Waals surface area contributed by atoms with Crippen molar-refractivity contribution in [2.24, 2.45) is 0 Å². The van der Waals surface area contributed by atoms with E-state index in [1.165, 1.54) is 34.9 Å². The van der Waals surface area contributed by atoms with Crippen LogP contribution in [0.3, 0.4) is 0 Å². The Morgan fingerprint density at radius 2 is 2.12 bits per heavy atom. The zero-order valence-corrected chi connectivity index (χ0v) is 14.2.